The first-order valence-electron chi connectivity index (χ1n) is 8.95. The predicted molar refractivity (Wildman–Crippen MR) is 94.9 cm³/mol. The molecule has 0 radical (unpaired) electrons. The molecule has 0 N–H and O–H groups in total. The van der Waals surface area contributed by atoms with Crippen molar-refractivity contribution in [1.29, 1.82) is 0 Å². The van der Waals surface area contributed by atoms with Crippen LogP contribution in [0.5, 0.6) is 0 Å². The Bertz CT molecular complexity index is 580. The number of amides is 2. The van der Waals surface area contributed by atoms with Crippen LogP contribution in [0.2, 0.25) is 5.02 Å². The average molecular weight is 349 g/mol. The molecule has 2 saturated heterocycles. The van der Waals surface area contributed by atoms with Gasteiger partial charge in [0.15, 0.2) is 0 Å². The van der Waals surface area contributed by atoms with E-state index in [9.17, 15) is 9.59 Å². The van der Waals surface area contributed by atoms with E-state index in [1.54, 1.807) is 0 Å². The van der Waals surface area contributed by atoms with Crippen LogP contribution in [0.1, 0.15) is 44.1 Å². The minimum atomic E-state index is 0.165. The van der Waals surface area contributed by atoms with E-state index >= 15 is 0 Å². The lowest BCUT2D eigenvalue weighted by Gasteiger charge is -2.38. The first-order valence-corrected chi connectivity index (χ1v) is 9.33. The lowest BCUT2D eigenvalue weighted by atomic mass is 10.0. The number of nitrogens with zero attached hydrogens (tertiary/aromatic N) is 2. The molecule has 5 heteroatoms. The number of hydrogen-bond acceptors (Lipinski definition) is 2. The quantitative estimate of drug-likeness (QED) is 0.841. The van der Waals surface area contributed by atoms with Crippen molar-refractivity contribution in [2.24, 2.45) is 0 Å². The summed E-state index contributed by atoms with van der Waals surface area (Å²) in [5.41, 5.74) is 0.995. The highest BCUT2D eigenvalue weighted by molar-refractivity contribution is 6.30. The predicted octanol–water partition coefficient (Wildman–Crippen LogP) is 3.28. The van der Waals surface area contributed by atoms with Crippen LogP contribution >= 0.6 is 11.6 Å². The van der Waals surface area contributed by atoms with E-state index < -0.39 is 0 Å². The number of likely N-dealkylation sites (tertiary alicyclic amines) is 2. The van der Waals surface area contributed by atoms with E-state index in [0.29, 0.717) is 29.8 Å². The maximum atomic E-state index is 12.5. The summed E-state index contributed by atoms with van der Waals surface area (Å²) in [6.07, 6.45) is 6.20. The van der Waals surface area contributed by atoms with Crippen LogP contribution in [0.4, 0.5) is 0 Å². The zero-order chi connectivity index (χ0) is 16.9. The smallest absolute Gasteiger partial charge is 0.226 e. The average Bonchev–Trinajstić information content (AvgIpc) is 2.81. The Balaban J connectivity index is 1.51. The molecular formula is C19H25ClN2O2. The van der Waals surface area contributed by atoms with Gasteiger partial charge in [0.25, 0.3) is 0 Å². The molecule has 3 rings (SSSR count). The lowest BCUT2D eigenvalue weighted by molar-refractivity contribution is -0.136. The van der Waals surface area contributed by atoms with Gasteiger partial charge in [-0.3, -0.25) is 9.59 Å². The summed E-state index contributed by atoms with van der Waals surface area (Å²) in [4.78, 5) is 28.7. The van der Waals surface area contributed by atoms with Crippen LogP contribution in [0.3, 0.4) is 0 Å². The molecule has 2 aliphatic rings. The minimum Gasteiger partial charge on any atom is -0.342 e. The Kier molecular flexibility index (Phi) is 5.77. The van der Waals surface area contributed by atoms with Gasteiger partial charge in [0.05, 0.1) is 6.42 Å². The molecule has 0 unspecified atom stereocenters. The van der Waals surface area contributed by atoms with Gasteiger partial charge in [-0.15, -0.1) is 0 Å². The van der Waals surface area contributed by atoms with Crippen molar-refractivity contribution in [3.63, 3.8) is 0 Å². The van der Waals surface area contributed by atoms with Gasteiger partial charge < -0.3 is 9.80 Å². The van der Waals surface area contributed by atoms with Crippen LogP contribution in [0, 0.1) is 0 Å². The highest BCUT2D eigenvalue weighted by atomic mass is 35.5. The second-order valence-electron chi connectivity index (χ2n) is 6.81. The highest BCUT2D eigenvalue weighted by Crippen LogP contribution is 2.22. The van der Waals surface area contributed by atoms with E-state index in [1.165, 1.54) is 0 Å². The fraction of sp³-hybridized carbons (Fsp3) is 0.579. The first kappa shape index (κ1) is 17.3. The van der Waals surface area contributed by atoms with E-state index in [-0.39, 0.29) is 5.91 Å². The molecule has 1 aromatic rings. The molecule has 0 aromatic heterocycles. The van der Waals surface area contributed by atoms with E-state index in [4.69, 9.17) is 11.6 Å². The second kappa shape index (κ2) is 8.02. The van der Waals surface area contributed by atoms with Gasteiger partial charge in [-0.2, -0.15) is 0 Å². The third kappa shape index (κ3) is 4.29. The lowest BCUT2D eigenvalue weighted by Crippen LogP contribution is -2.49. The SMILES string of the molecule is O=C(Cc1ccc(Cl)cc1)N1CCC(N2CCCCCC2=O)CC1. The van der Waals surface area contributed by atoms with Gasteiger partial charge in [-0.05, 0) is 43.4 Å². The Morgan fingerprint density at radius 3 is 2.46 bits per heavy atom. The Morgan fingerprint density at radius 1 is 1.04 bits per heavy atom. The number of carbonyl (C=O) groups is 2. The summed E-state index contributed by atoms with van der Waals surface area (Å²) in [6.45, 7) is 2.39. The molecule has 0 aliphatic carbocycles. The monoisotopic (exact) mass is 348 g/mol. The minimum absolute atomic E-state index is 0.165. The number of rotatable bonds is 3. The topological polar surface area (TPSA) is 40.6 Å². The summed E-state index contributed by atoms with van der Waals surface area (Å²) in [6, 6.07) is 7.77. The normalized spacial score (nSPS) is 20.1. The highest BCUT2D eigenvalue weighted by Gasteiger charge is 2.29. The number of piperidine rings is 1. The number of halogens is 1. The van der Waals surface area contributed by atoms with Crippen LogP contribution in [0.25, 0.3) is 0 Å². The van der Waals surface area contributed by atoms with Crippen molar-refractivity contribution in [1.82, 2.24) is 9.80 Å². The zero-order valence-electron chi connectivity index (χ0n) is 14.0. The van der Waals surface area contributed by atoms with Crippen molar-refractivity contribution in [3.8, 4) is 0 Å². The maximum absolute atomic E-state index is 12.5. The Morgan fingerprint density at radius 2 is 1.75 bits per heavy atom. The molecule has 2 fully saturated rings. The number of benzene rings is 1. The van der Waals surface area contributed by atoms with Crippen molar-refractivity contribution >= 4 is 23.4 Å². The molecule has 0 saturated carbocycles. The van der Waals surface area contributed by atoms with Crippen LogP contribution in [-0.2, 0) is 16.0 Å². The molecule has 0 atom stereocenters. The fourth-order valence-electron chi connectivity index (χ4n) is 3.71. The summed E-state index contributed by atoms with van der Waals surface area (Å²) in [5, 5.41) is 0.689. The molecule has 2 heterocycles. The number of hydrogen-bond donors (Lipinski definition) is 0. The second-order valence-corrected chi connectivity index (χ2v) is 7.25. The van der Waals surface area contributed by atoms with Gasteiger partial charge >= 0.3 is 0 Å². The van der Waals surface area contributed by atoms with Gasteiger partial charge in [0, 0.05) is 37.1 Å². The van der Waals surface area contributed by atoms with Crippen LogP contribution in [0.15, 0.2) is 24.3 Å². The summed E-state index contributed by atoms with van der Waals surface area (Å²) in [7, 11) is 0. The molecule has 0 bridgehead atoms. The van der Waals surface area contributed by atoms with Gasteiger partial charge in [0.1, 0.15) is 0 Å². The van der Waals surface area contributed by atoms with Crippen molar-refractivity contribution < 1.29 is 9.59 Å². The zero-order valence-corrected chi connectivity index (χ0v) is 14.8. The largest absolute Gasteiger partial charge is 0.342 e. The van der Waals surface area contributed by atoms with Crippen molar-refractivity contribution in [2.75, 3.05) is 19.6 Å². The molecule has 2 amide bonds. The van der Waals surface area contributed by atoms with Crippen molar-refractivity contribution in [3.05, 3.63) is 34.9 Å². The Hall–Kier alpha value is -1.55. The number of carbonyl (C=O) groups excluding carboxylic acids is 2. The molecule has 2 aliphatic heterocycles. The standard InChI is InChI=1S/C19H25ClN2O2/c20-16-7-5-15(6-8-16)14-19(24)21-12-9-17(10-13-21)22-11-3-1-2-4-18(22)23/h5-8,17H,1-4,9-14H2. The third-order valence-corrected chi connectivity index (χ3v) is 5.39. The Labute approximate surface area is 148 Å². The van der Waals surface area contributed by atoms with Crippen molar-refractivity contribution in [2.45, 2.75) is 51.0 Å². The van der Waals surface area contributed by atoms with Gasteiger partial charge in [-0.1, -0.05) is 30.2 Å². The van der Waals surface area contributed by atoms with Gasteiger partial charge in [-0.25, -0.2) is 0 Å². The fourth-order valence-corrected chi connectivity index (χ4v) is 3.83. The van der Waals surface area contributed by atoms with E-state index in [0.717, 1.165) is 57.3 Å². The molecule has 4 nitrogen and oxygen atoms in total. The first-order chi connectivity index (χ1) is 11.6. The van der Waals surface area contributed by atoms with E-state index in [2.05, 4.69) is 4.90 Å². The van der Waals surface area contributed by atoms with E-state index in [1.807, 2.05) is 29.2 Å². The molecular weight excluding hydrogens is 324 g/mol. The summed E-state index contributed by atoms with van der Waals surface area (Å²) >= 11 is 5.88. The third-order valence-electron chi connectivity index (χ3n) is 5.14. The van der Waals surface area contributed by atoms with Crippen LogP contribution < -0.4 is 0 Å². The maximum Gasteiger partial charge on any atom is 0.226 e. The summed E-state index contributed by atoms with van der Waals surface area (Å²) in [5.74, 6) is 0.469. The van der Waals surface area contributed by atoms with Gasteiger partial charge in [0.2, 0.25) is 11.8 Å². The molecule has 0 spiro atoms. The molecule has 24 heavy (non-hydrogen) atoms. The molecule has 130 valence electrons. The van der Waals surface area contributed by atoms with Crippen LogP contribution in [-0.4, -0.2) is 47.3 Å². The summed E-state index contributed by atoms with van der Waals surface area (Å²) < 4.78 is 0. The molecule has 1 aromatic carbocycles.